The average Bonchev–Trinajstić information content (AvgIpc) is 2.34. The molecule has 2 N–H and O–H groups in total. The molecule has 1 unspecified atom stereocenters. The second-order valence-electron chi connectivity index (χ2n) is 4.00. The van der Waals surface area contributed by atoms with Gasteiger partial charge in [-0.05, 0) is 18.9 Å². The van der Waals surface area contributed by atoms with Gasteiger partial charge in [0.15, 0.2) is 0 Å². The summed E-state index contributed by atoms with van der Waals surface area (Å²) in [7, 11) is 1.70. The highest BCUT2D eigenvalue weighted by Crippen LogP contribution is 2.12. The highest BCUT2D eigenvalue weighted by molar-refractivity contribution is 5.18. The van der Waals surface area contributed by atoms with Gasteiger partial charge < -0.3 is 15.2 Å². The molecular weight excluding hydrogens is 202 g/mol. The molecule has 0 bridgehead atoms. The van der Waals surface area contributed by atoms with Crippen molar-refractivity contribution in [2.24, 2.45) is 0 Å². The molecule has 0 heterocycles. The molecule has 0 aliphatic carbocycles. The first-order valence-corrected chi connectivity index (χ1v) is 5.68. The molecule has 0 aliphatic heterocycles. The Kier molecular flexibility index (Phi) is 6.08. The summed E-state index contributed by atoms with van der Waals surface area (Å²) >= 11 is 0. The summed E-state index contributed by atoms with van der Waals surface area (Å²) in [5.74, 6) is 0. The van der Waals surface area contributed by atoms with E-state index in [0.29, 0.717) is 6.04 Å². The van der Waals surface area contributed by atoms with E-state index < -0.39 is 0 Å². The summed E-state index contributed by atoms with van der Waals surface area (Å²) < 4.78 is 5.03. The van der Waals surface area contributed by atoms with Crippen LogP contribution in [0.3, 0.4) is 0 Å². The largest absolute Gasteiger partial charge is 0.394 e. The van der Waals surface area contributed by atoms with Gasteiger partial charge in [-0.2, -0.15) is 0 Å². The second-order valence-corrected chi connectivity index (χ2v) is 4.00. The molecule has 2 atom stereocenters. The molecule has 0 spiro atoms. The minimum Gasteiger partial charge on any atom is -0.394 e. The van der Waals surface area contributed by atoms with E-state index in [9.17, 15) is 5.11 Å². The highest BCUT2D eigenvalue weighted by atomic mass is 16.5. The Balaban J connectivity index is 2.49. The third-order valence-corrected chi connectivity index (χ3v) is 2.63. The Morgan fingerprint density at radius 1 is 1.31 bits per heavy atom. The third kappa shape index (κ3) is 4.31. The quantitative estimate of drug-likeness (QED) is 0.739. The predicted octanol–water partition coefficient (Wildman–Crippen LogP) is 1.73. The third-order valence-electron chi connectivity index (χ3n) is 2.63. The number of methoxy groups -OCH3 is 1. The molecule has 0 saturated carbocycles. The summed E-state index contributed by atoms with van der Waals surface area (Å²) in [6.45, 7) is 2.95. The number of rotatable bonds is 7. The number of hydrogen-bond acceptors (Lipinski definition) is 3. The standard InChI is InChI=1S/C13H21NO2/c1-11(8-9-16-2)14-13(10-15)12-6-4-3-5-7-12/h3-7,11,13-15H,8-10H2,1-2H3/t11?,13-/m0/s1. The molecule has 1 rings (SSSR count). The number of nitrogens with one attached hydrogen (secondary N) is 1. The maximum Gasteiger partial charge on any atom is 0.0626 e. The maximum absolute atomic E-state index is 9.36. The first kappa shape index (κ1) is 13.2. The molecule has 0 aliphatic rings. The lowest BCUT2D eigenvalue weighted by Crippen LogP contribution is -2.33. The molecule has 1 aromatic carbocycles. The zero-order chi connectivity index (χ0) is 11.8. The molecule has 0 radical (unpaired) electrons. The zero-order valence-electron chi connectivity index (χ0n) is 10.0. The molecule has 0 fully saturated rings. The van der Waals surface area contributed by atoms with Crippen molar-refractivity contribution >= 4 is 0 Å². The van der Waals surface area contributed by atoms with Crippen LogP contribution in [0.5, 0.6) is 0 Å². The van der Waals surface area contributed by atoms with Gasteiger partial charge in [-0.15, -0.1) is 0 Å². The van der Waals surface area contributed by atoms with Gasteiger partial charge in [-0.25, -0.2) is 0 Å². The van der Waals surface area contributed by atoms with Crippen LogP contribution in [0.1, 0.15) is 24.9 Å². The van der Waals surface area contributed by atoms with Crippen LogP contribution in [0.4, 0.5) is 0 Å². The van der Waals surface area contributed by atoms with E-state index in [1.165, 1.54) is 0 Å². The van der Waals surface area contributed by atoms with Gasteiger partial charge >= 0.3 is 0 Å². The van der Waals surface area contributed by atoms with E-state index >= 15 is 0 Å². The van der Waals surface area contributed by atoms with E-state index in [0.717, 1.165) is 18.6 Å². The summed E-state index contributed by atoms with van der Waals surface area (Å²) in [5, 5.41) is 12.7. The van der Waals surface area contributed by atoms with Crippen molar-refractivity contribution in [1.29, 1.82) is 0 Å². The molecule has 16 heavy (non-hydrogen) atoms. The lowest BCUT2D eigenvalue weighted by Gasteiger charge is -2.21. The van der Waals surface area contributed by atoms with Gasteiger partial charge in [0, 0.05) is 19.8 Å². The Morgan fingerprint density at radius 2 is 2.00 bits per heavy atom. The summed E-state index contributed by atoms with van der Waals surface area (Å²) in [6, 6.07) is 10.3. The molecule has 1 aromatic rings. The first-order chi connectivity index (χ1) is 7.77. The van der Waals surface area contributed by atoms with Gasteiger partial charge in [0.25, 0.3) is 0 Å². The van der Waals surface area contributed by atoms with Crippen molar-refractivity contribution in [2.45, 2.75) is 25.4 Å². The van der Waals surface area contributed by atoms with Crippen LogP contribution >= 0.6 is 0 Å². The fourth-order valence-corrected chi connectivity index (χ4v) is 1.66. The van der Waals surface area contributed by atoms with Crippen LogP contribution in [0, 0.1) is 0 Å². The second kappa shape index (κ2) is 7.39. The SMILES string of the molecule is COCCC(C)N[C@@H](CO)c1ccccc1. The van der Waals surface area contributed by atoms with Crippen LogP contribution in [-0.2, 0) is 4.74 Å². The van der Waals surface area contributed by atoms with Gasteiger partial charge in [-0.3, -0.25) is 0 Å². The number of hydrogen-bond donors (Lipinski definition) is 2. The molecule has 0 aromatic heterocycles. The summed E-state index contributed by atoms with van der Waals surface area (Å²) in [6.07, 6.45) is 0.944. The lowest BCUT2D eigenvalue weighted by molar-refractivity contribution is 0.175. The van der Waals surface area contributed by atoms with Crippen molar-refractivity contribution < 1.29 is 9.84 Å². The zero-order valence-corrected chi connectivity index (χ0v) is 10.0. The monoisotopic (exact) mass is 223 g/mol. The van der Waals surface area contributed by atoms with Gasteiger partial charge in [0.1, 0.15) is 0 Å². The number of aliphatic hydroxyl groups excluding tert-OH is 1. The smallest absolute Gasteiger partial charge is 0.0626 e. The topological polar surface area (TPSA) is 41.5 Å². The van der Waals surface area contributed by atoms with Crippen LogP contribution in [0.25, 0.3) is 0 Å². The van der Waals surface area contributed by atoms with Crippen LogP contribution < -0.4 is 5.32 Å². The van der Waals surface area contributed by atoms with E-state index in [-0.39, 0.29) is 12.6 Å². The Labute approximate surface area is 97.4 Å². The van der Waals surface area contributed by atoms with Gasteiger partial charge in [0.2, 0.25) is 0 Å². The van der Waals surface area contributed by atoms with Gasteiger partial charge in [0.05, 0.1) is 12.6 Å². The lowest BCUT2D eigenvalue weighted by atomic mass is 10.1. The number of aliphatic hydroxyl groups is 1. The maximum atomic E-state index is 9.36. The molecular formula is C13H21NO2. The van der Waals surface area contributed by atoms with E-state index in [4.69, 9.17) is 4.74 Å². The summed E-state index contributed by atoms with van der Waals surface area (Å²) in [4.78, 5) is 0. The Morgan fingerprint density at radius 3 is 2.56 bits per heavy atom. The van der Waals surface area contributed by atoms with Crippen LogP contribution in [0.15, 0.2) is 30.3 Å². The molecule has 0 amide bonds. The predicted molar refractivity (Wildman–Crippen MR) is 65.4 cm³/mol. The normalized spacial score (nSPS) is 14.7. The minimum absolute atomic E-state index is 0.00746. The molecule has 0 saturated heterocycles. The van der Waals surface area contributed by atoms with Crippen molar-refractivity contribution in [2.75, 3.05) is 20.3 Å². The number of benzene rings is 1. The van der Waals surface area contributed by atoms with E-state index in [2.05, 4.69) is 12.2 Å². The van der Waals surface area contributed by atoms with Crippen molar-refractivity contribution in [3.05, 3.63) is 35.9 Å². The van der Waals surface area contributed by atoms with Crippen molar-refractivity contribution in [3.63, 3.8) is 0 Å². The molecule has 3 nitrogen and oxygen atoms in total. The van der Waals surface area contributed by atoms with Crippen LogP contribution in [0.2, 0.25) is 0 Å². The minimum atomic E-state index is 0.00746. The summed E-state index contributed by atoms with van der Waals surface area (Å²) in [5.41, 5.74) is 1.12. The van der Waals surface area contributed by atoms with E-state index in [1.54, 1.807) is 7.11 Å². The highest BCUT2D eigenvalue weighted by Gasteiger charge is 2.12. The first-order valence-electron chi connectivity index (χ1n) is 5.68. The van der Waals surface area contributed by atoms with Crippen molar-refractivity contribution in [3.8, 4) is 0 Å². The van der Waals surface area contributed by atoms with Gasteiger partial charge in [-0.1, -0.05) is 30.3 Å². The molecule has 90 valence electrons. The van der Waals surface area contributed by atoms with Crippen LogP contribution in [-0.4, -0.2) is 31.5 Å². The fourth-order valence-electron chi connectivity index (χ4n) is 1.66. The Hall–Kier alpha value is -0.900. The van der Waals surface area contributed by atoms with Crippen molar-refractivity contribution in [1.82, 2.24) is 5.32 Å². The Bertz CT molecular complexity index is 277. The number of ether oxygens (including phenoxy) is 1. The fraction of sp³-hybridized carbons (Fsp3) is 0.538. The van der Waals surface area contributed by atoms with E-state index in [1.807, 2.05) is 30.3 Å². The molecule has 3 heteroatoms. The average molecular weight is 223 g/mol.